The van der Waals surface area contributed by atoms with Crippen LogP contribution in [0.25, 0.3) is 11.1 Å². The third-order valence-corrected chi connectivity index (χ3v) is 3.16. The molecule has 2 aromatic rings. The van der Waals surface area contributed by atoms with Gasteiger partial charge in [0, 0.05) is 25.2 Å². The average Bonchev–Trinajstić information content (AvgIpc) is 2.68. The summed E-state index contributed by atoms with van der Waals surface area (Å²) in [7, 11) is 0. The van der Waals surface area contributed by atoms with Gasteiger partial charge < -0.3 is 15.5 Å². The molecular weight excluding hydrogens is 242 g/mol. The molecule has 0 saturated heterocycles. The van der Waals surface area contributed by atoms with Crippen LogP contribution in [0, 0.1) is 18.8 Å². The van der Waals surface area contributed by atoms with E-state index in [2.05, 4.69) is 10.3 Å². The third-order valence-electron chi connectivity index (χ3n) is 3.16. The van der Waals surface area contributed by atoms with Crippen molar-refractivity contribution in [1.82, 2.24) is 4.98 Å². The molecule has 0 aliphatic rings. The zero-order valence-electron chi connectivity index (χ0n) is 11.4. The van der Waals surface area contributed by atoms with Crippen LogP contribution in [0.4, 0.5) is 5.69 Å². The molecule has 1 unspecified atom stereocenters. The number of nitrogens with one attached hydrogen (secondary N) is 1. The lowest BCUT2D eigenvalue weighted by atomic mass is 9.95. The highest BCUT2D eigenvalue weighted by Gasteiger charge is 2.20. The maximum Gasteiger partial charge on any atom is 0.229 e. The van der Waals surface area contributed by atoms with Crippen molar-refractivity contribution in [1.29, 1.82) is 0 Å². The van der Waals surface area contributed by atoms with Crippen molar-refractivity contribution in [3.05, 3.63) is 24.1 Å². The third kappa shape index (κ3) is 2.93. The number of rotatable bonds is 4. The number of oxazole rings is 1. The fourth-order valence-electron chi connectivity index (χ4n) is 2.03. The van der Waals surface area contributed by atoms with E-state index in [1.54, 1.807) is 13.0 Å². The molecule has 1 aromatic carbocycles. The van der Waals surface area contributed by atoms with E-state index in [-0.39, 0.29) is 17.7 Å². The van der Waals surface area contributed by atoms with Gasteiger partial charge in [0.15, 0.2) is 11.5 Å². The van der Waals surface area contributed by atoms with Crippen LogP contribution in [-0.2, 0) is 4.79 Å². The van der Waals surface area contributed by atoms with Crippen LogP contribution in [-0.4, -0.2) is 17.4 Å². The first kappa shape index (κ1) is 13.5. The number of carbonyl (C=O) groups excluding carboxylic acids is 1. The van der Waals surface area contributed by atoms with E-state index < -0.39 is 0 Å². The number of nitrogens with two attached hydrogens (primary N) is 1. The molecular formula is C14H19N3O2. The Balaban J connectivity index is 2.18. The minimum Gasteiger partial charge on any atom is -0.441 e. The molecule has 0 radical (unpaired) electrons. The predicted molar refractivity (Wildman–Crippen MR) is 74.8 cm³/mol. The number of anilines is 1. The van der Waals surface area contributed by atoms with Crippen molar-refractivity contribution >= 4 is 22.7 Å². The number of hydrogen-bond acceptors (Lipinski definition) is 4. The zero-order chi connectivity index (χ0) is 14.0. The lowest BCUT2D eigenvalue weighted by molar-refractivity contribution is -0.120. The Labute approximate surface area is 112 Å². The molecule has 5 heteroatoms. The molecule has 5 nitrogen and oxygen atoms in total. The molecule has 0 aliphatic heterocycles. The van der Waals surface area contributed by atoms with Crippen LogP contribution >= 0.6 is 0 Å². The summed E-state index contributed by atoms with van der Waals surface area (Å²) in [5.41, 5.74) is 7.79. The van der Waals surface area contributed by atoms with Crippen LogP contribution in [0.5, 0.6) is 0 Å². The van der Waals surface area contributed by atoms with E-state index in [1.165, 1.54) is 0 Å². The monoisotopic (exact) mass is 261 g/mol. The molecule has 0 aliphatic carbocycles. The summed E-state index contributed by atoms with van der Waals surface area (Å²) < 4.78 is 5.44. The smallest absolute Gasteiger partial charge is 0.229 e. The van der Waals surface area contributed by atoms with Crippen molar-refractivity contribution in [3.63, 3.8) is 0 Å². The van der Waals surface area contributed by atoms with Crippen LogP contribution in [0.3, 0.4) is 0 Å². The van der Waals surface area contributed by atoms with Gasteiger partial charge in [0.05, 0.1) is 5.92 Å². The fraction of sp³-hybridized carbons (Fsp3) is 0.429. The van der Waals surface area contributed by atoms with Crippen LogP contribution in [0.15, 0.2) is 22.6 Å². The Kier molecular flexibility index (Phi) is 3.85. The number of benzene rings is 1. The Hall–Kier alpha value is -1.88. The van der Waals surface area contributed by atoms with Crippen LogP contribution in [0.1, 0.15) is 19.7 Å². The van der Waals surface area contributed by atoms with Gasteiger partial charge in [0.25, 0.3) is 0 Å². The Morgan fingerprint density at radius 3 is 2.84 bits per heavy atom. The highest BCUT2D eigenvalue weighted by Crippen LogP contribution is 2.21. The van der Waals surface area contributed by atoms with Gasteiger partial charge in [0.2, 0.25) is 5.91 Å². The SMILES string of the molecule is Cc1nc2ccc(NC(=O)C(CN)C(C)C)cc2o1. The van der Waals surface area contributed by atoms with E-state index in [0.29, 0.717) is 23.7 Å². The van der Waals surface area contributed by atoms with Gasteiger partial charge in [-0.05, 0) is 18.1 Å². The number of aromatic nitrogens is 1. The van der Waals surface area contributed by atoms with Gasteiger partial charge in [-0.2, -0.15) is 0 Å². The van der Waals surface area contributed by atoms with Crippen molar-refractivity contribution in [2.45, 2.75) is 20.8 Å². The van der Waals surface area contributed by atoms with Crippen LogP contribution < -0.4 is 11.1 Å². The van der Waals surface area contributed by atoms with Gasteiger partial charge in [0.1, 0.15) is 5.52 Å². The van der Waals surface area contributed by atoms with Crippen molar-refractivity contribution in [2.24, 2.45) is 17.6 Å². The molecule has 0 saturated carbocycles. The van der Waals surface area contributed by atoms with E-state index in [4.69, 9.17) is 10.2 Å². The van der Waals surface area contributed by atoms with E-state index in [0.717, 1.165) is 5.52 Å². The van der Waals surface area contributed by atoms with Gasteiger partial charge in [-0.3, -0.25) is 4.79 Å². The summed E-state index contributed by atoms with van der Waals surface area (Å²) in [6.45, 7) is 6.11. The first-order chi connectivity index (χ1) is 9.01. The fourth-order valence-corrected chi connectivity index (χ4v) is 2.03. The van der Waals surface area contributed by atoms with Gasteiger partial charge >= 0.3 is 0 Å². The second kappa shape index (κ2) is 5.40. The maximum atomic E-state index is 12.1. The van der Waals surface area contributed by atoms with Crippen molar-refractivity contribution in [3.8, 4) is 0 Å². The summed E-state index contributed by atoms with van der Waals surface area (Å²) in [4.78, 5) is 16.3. The second-order valence-electron chi connectivity index (χ2n) is 4.99. The quantitative estimate of drug-likeness (QED) is 0.884. The highest BCUT2D eigenvalue weighted by molar-refractivity contribution is 5.94. The molecule has 0 spiro atoms. The second-order valence-corrected chi connectivity index (χ2v) is 4.99. The molecule has 3 N–H and O–H groups in total. The molecule has 102 valence electrons. The largest absolute Gasteiger partial charge is 0.441 e. The number of carbonyl (C=O) groups is 1. The van der Waals surface area contributed by atoms with E-state index >= 15 is 0 Å². The molecule has 19 heavy (non-hydrogen) atoms. The Bertz CT molecular complexity index is 589. The summed E-state index contributed by atoms with van der Waals surface area (Å²) in [6, 6.07) is 5.42. The number of hydrogen-bond donors (Lipinski definition) is 2. The van der Waals surface area contributed by atoms with Crippen molar-refractivity contribution in [2.75, 3.05) is 11.9 Å². The highest BCUT2D eigenvalue weighted by atomic mass is 16.3. The summed E-state index contributed by atoms with van der Waals surface area (Å²) in [5.74, 6) is 0.571. The number of amides is 1. The van der Waals surface area contributed by atoms with E-state index in [1.807, 2.05) is 26.0 Å². The zero-order valence-corrected chi connectivity index (χ0v) is 11.4. The number of fused-ring (bicyclic) bond motifs is 1. The van der Waals surface area contributed by atoms with Gasteiger partial charge in [-0.25, -0.2) is 4.98 Å². The Morgan fingerprint density at radius 1 is 1.47 bits per heavy atom. The topological polar surface area (TPSA) is 81.2 Å². The van der Waals surface area contributed by atoms with E-state index in [9.17, 15) is 4.79 Å². The minimum absolute atomic E-state index is 0.0620. The maximum absolute atomic E-state index is 12.1. The summed E-state index contributed by atoms with van der Waals surface area (Å²) >= 11 is 0. The molecule has 1 heterocycles. The number of aryl methyl sites for hydroxylation is 1. The lowest BCUT2D eigenvalue weighted by Crippen LogP contribution is -2.33. The standard InChI is InChI=1S/C14H19N3O2/c1-8(2)11(7-15)14(18)17-10-4-5-12-13(6-10)19-9(3)16-12/h4-6,8,11H,7,15H2,1-3H3,(H,17,18). The summed E-state index contributed by atoms with van der Waals surface area (Å²) in [6.07, 6.45) is 0. The molecule has 2 rings (SSSR count). The molecule has 1 amide bonds. The first-order valence-corrected chi connectivity index (χ1v) is 6.39. The molecule has 1 aromatic heterocycles. The Morgan fingerprint density at radius 2 is 2.21 bits per heavy atom. The molecule has 1 atom stereocenters. The van der Waals surface area contributed by atoms with Crippen molar-refractivity contribution < 1.29 is 9.21 Å². The number of nitrogens with zero attached hydrogens (tertiary/aromatic N) is 1. The normalized spacial score (nSPS) is 12.9. The molecule has 0 fully saturated rings. The predicted octanol–water partition coefficient (Wildman–Crippen LogP) is 2.31. The minimum atomic E-state index is -0.188. The van der Waals surface area contributed by atoms with Gasteiger partial charge in [-0.1, -0.05) is 13.8 Å². The lowest BCUT2D eigenvalue weighted by Gasteiger charge is -2.18. The average molecular weight is 261 g/mol. The summed E-state index contributed by atoms with van der Waals surface area (Å²) in [5, 5.41) is 2.87. The first-order valence-electron chi connectivity index (χ1n) is 6.39. The van der Waals surface area contributed by atoms with Crippen LogP contribution in [0.2, 0.25) is 0 Å². The molecule has 0 bridgehead atoms. The van der Waals surface area contributed by atoms with Gasteiger partial charge in [-0.15, -0.1) is 0 Å².